The summed E-state index contributed by atoms with van der Waals surface area (Å²) in [7, 11) is 0. The number of carbonyl (C=O) groups is 1. The van der Waals surface area contributed by atoms with Crippen molar-refractivity contribution >= 4 is 28.8 Å². The summed E-state index contributed by atoms with van der Waals surface area (Å²) >= 11 is 6.18. The van der Waals surface area contributed by atoms with Crippen LogP contribution in [0.3, 0.4) is 0 Å². The van der Waals surface area contributed by atoms with Gasteiger partial charge in [-0.3, -0.25) is 4.79 Å². The number of carbonyl (C=O) groups excluding carboxylic acids is 1. The minimum absolute atomic E-state index is 0.0293. The Balaban J connectivity index is 1.71. The van der Waals surface area contributed by atoms with Crippen LogP contribution in [0.15, 0.2) is 60.7 Å². The van der Waals surface area contributed by atoms with Crippen molar-refractivity contribution in [2.75, 3.05) is 5.32 Å². The third kappa shape index (κ3) is 4.91. The molecular weight excluding hydrogens is 490 g/mol. The summed E-state index contributed by atoms with van der Waals surface area (Å²) in [5.41, 5.74) is -1.77. The lowest BCUT2D eigenvalue weighted by Gasteiger charge is -2.11. The molecule has 1 N–H and O–H groups in total. The molecule has 2 aromatic heterocycles. The second-order valence-corrected chi connectivity index (χ2v) is 7.19. The first-order chi connectivity index (χ1) is 15.9. The quantitative estimate of drug-likeness (QED) is 0.338. The Labute approximate surface area is 191 Å². The van der Waals surface area contributed by atoms with Crippen LogP contribution in [-0.4, -0.2) is 26.9 Å². The normalized spacial score (nSPS) is 12.1. The zero-order chi connectivity index (χ0) is 24.7. The molecule has 0 unspecified atom stereocenters. The molecule has 0 aliphatic rings. The van der Waals surface area contributed by atoms with Crippen molar-refractivity contribution in [3.8, 4) is 17.0 Å². The Morgan fingerprint density at radius 3 is 2.21 bits per heavy atom. The molecule has 0 bridgehead atoms. The van der Waals surface area contributed by atoms with Gasteiger partial charge in [0.1, 0.15) is 10.8 Å². The van der Waals surface area contributed by atoms with Gasteiger partial charge in [0.15, 0.2) is 17.0 Å². The SMILES string of the molecule is O=C(Nc1ccc(OC(F)(F)F)cc1)c1nn2c(C(F)(F)F)cc(-c3ccccc3)nc2c1Cl. The van der Waals surface area contributed by atoms with E-state index in [1.807, 2.05) is 0 Å². The van der Waals surface area contributed by atoms with E-state index in [2.05, 4.69) is 20.1 Å². The second kappa shape index (κ2) is 8.52. The van der Waals surface area contributed by atoms with Gasteiger partial charge in [0.2, 0.25) is 0 Å². The fourth-order valence-electron chi connectivity index (χ4n) is 3.03. The molecule has 0 aliphatic heterocycles. The van der Waals surface area contributed by atoms with E-state index in [-0.39, 0.29) is 11.4 Å². The summed E-state index contributed by atoms with van der Waals surface area (Å²) < 4.78 is 82.2. The fraction of sp³-hybridized carbons (Fsp3) is 0.0952. The molecule has 0 fully saturated rings. The van der Waals surface area contributed by atoms with Gasteiger partial charge in [0, 0.05) is 11.3 Å². The largest absolute Gasteiger partial charge is 0.573 e. The van der Waals surface area contributed by atoms with Crippen LogP contribution in [0, 0.1) is 0 Å². The van der Waals surface area contributed by atoms with Crippen molar-refractivity contribution in [3.05, 3.63) is 77.1 Å². The maximum Gasteiger partial charge on any atom is 0.573 e. The lowest BCUT2D eigenvalue weighted by molar-refractivity contribution is -0.274. The van der Waals surface area contributed by atoms with E-state index in [1.165, 1.54) is 0 Å². The maximum atomic E-state index is 13.7. The van der Waals surface area contributed by atoms with Crippen LogP contribution < -0.4 is 10.1 Å². The minimum Gasteiger partial charge on any atom is -0.406 e. The number of fused-ring (bicyclic) bond motifs is 1. The van der Waals surface area contributed by atoms with Crippen LogP contribution in [0.2, 0.25) is 5.02 Å². The number of hydrogen-bond donors (Lipinski definition) is 1. The topological polar surface area (TPSA) is 68.5 Å². The molecule has 34 heavy (non-hydrogen) atoms. The molecule has 4 rings (SSSR count). The first-order valence-electron chi connectivity index (χ1n) is 9.31. The van der Waals surface area contributed by atoms with E-state index in [0.717, 1.165) is 30.3 Å². The average molecular weight is 501 g/mol. The zero-order valence-corrected chi connectivity index (χ0v) is 17.3. The Morgan fingerprint density at radius 2 is 1.62 bits per heavy atom. The Morgan fingerprint density at radius 1 is 0.971 bits per heavy atom. The number of ether oxygens (including phenoxy) is 1. The zero-order valence-electron chi connectivity index (χ0n) is 16.6. The highest BCUT2D eigenvalue weighted by Crippen LogP contribution is 2.34. The molecule has 0 atom stereocenters. The first kappa shape index (κ1) is 23.4. The van der Waals surface area contributed by atoms with E-state index in [0.29, 0.717) is 10.1 Å². The Bertz CT molecular complexity index is 1350. The van der Waals surface area contributed by atoms with Gasteiger partial charge in [-0.1, -0.05) is 41.9 Å². The van der Waals surface area contributed by atoms with Gasteiger partial charge < -0.3 is 10.1 Å². The first-order valence-corrected chi connectivity index (χ1v) is 9.69. The van der Waals surface area contributed by atoms with E-state index in [9.17, 15) is 31.1 Å². The predicted octanol–water partition coefficient (Wildman–Crippen LogP) is 6.22. The standard InChI is InChI=1S/C21H11ClF6N4O2/c22-16-17(19(33)29-12-6-8-13(9-7-12)34-21(26,27)28)31-32-15(20(23,24)25)10-14(30-18(16)32)11-4-2-1-3-5-11/h1-10H,(H,29,33). The van der Waals surface area contributed by atoms with E-state index in [4.69, 9.17) is 11.6 Å². The van der Waals surface area contributed by atoms with Gasteiger partial charge in [0.25, 0.3) is 5.91 Å². The molecule has 2 aromatic carbocycles. The van der Waals surface area contributed by atoms with Crippen molar-refractivity contribution in [2.24, 2.45) is 0 Å². The molecule has 0 radical (unpaired) electrons. The number of amides is 1. The Hall–Kier alpha value is -3.80. The van der Waals surface area contributed by atoms with Crippen LogP contribution in [0.25, 0.3) is 16.9 Å². The van der Waals surface area contributed by atoms with Crippen LogP contribution in [0.1, 0.15) is 16.2 Å². The monoisotopic (exact) mass is 500 g/mol. The van der Waals surface area contributed by atoms with Gasteiger partial charge >= 0.3 is 12.5 Å². The summed E-state index contributed by atoms with van der Waals surface area (Å²) in [5, 5.41) is 5.57. The van der Waals surface area contributed by atoms with Gasteiger partial charge in [-0.2, -0.15) is 18.3 Å². The molecule has 1 amide bonds. The third-order valence-corrected chi connectivity index (χ3v) is 4.80. The summed E-state index contributed by atoms with van der Waals surface area (Å²) in [6.07, 6.45) is -9.74. The molecule has 0 saturated heterocycles. The van der Waals surface area contributed by atoms with Gasteiger partial charge in [-0.25, -0.2) is 9.50 Å². The molecule has 4 aromatic rings. The number of alkyl halides is 6. The summed E-state index contributed by atoms with van der Waals surface area (Å²) in [6.45, 7) is 0. The van der Waals surface area contributed by atoms with Crippen LogP contribution >= 0.6 is 11.6 Å². The number of anilines is 1. The van der Waals surface area contributed by atoms with Crippen molar-refractivity contribution in [1.82, 2.24) is 14.6 Å². The smallest absolute Gasteiger partial charge is 0.406 e. The van der Waals surface area contributed by atoms with Crippen LogP contribution in [-0.2, 0) is 6.18 Å². The molecule has 0 saturated carbocycles. The fourth-order valence-corrected chi connectivity index (χ4v) is 3.27. The molecule has 2 heterocycles. The summed E-state index contributed by atoms with van der Waals surface area (Å²) in [6, 6.07) is 12.9. The number of nitrogens with zero attached hydrogens (tertiary/aromatic N) is 3. The highest BCUT2D eigenvalue weighted by atomic mass is 35.5. The molecule has 13 heteroatoms. The van der Waals surface area contributed by atoms with E-state index in [1.54, 1.807) is 30.3 Å². The molecule has 176 valence electrons. The van der Waals surface area contributed by atoms with Gasteiger partial charge in [-0.15, -0.1) is 13.2 Å². The van der Waals surface area contributed by atoms with Crippen molar-refractivity contribution in [2.45, 2.75) is 12.5 Å². The molecule has 6 nitrogen and oxygen atoms in total. The lowest BCUT2D eigenvalue weighted by Crippen LogP contribution is -2.17. The Kier molecular flexibility index (Phi) is 5.86. The summed E-state index contributed by atoms with van der Waals surface area (Å²) in [4.78, 5) is 16.8. The number of aromatic nitrogens is 3. The number of benzene rings is 2. The molecular formula is C21H11ClF6N4O2. The number of hydrogen-bond acceptors (Lipinski definition) is 4. The van der Waals surface area contributed by atoms with E-state index < -0.39 is 46.3 Å². The molecule has 0 spiro atoms. The van der Waals surface area contributed by atoms with Crippen LogP contribution in [0.4, 0.5) is 32.0 Å². The third-order valence-electron chi connectivity index (χ3n) is 4.45. The van der Waals surface area contributed by atoms with Crippen LogP contribution in [0.5, 0.6) is 5.75 Å². The van der Waals surface area contributed by atoms with Crippen molar-refractivity contribution in [1.29, 1.82) is 0 Å². The number of nitrogens with one attached hydrogen (secondary N) is 1. The lowest BCUT2D eigenvalue weighted by atomic mass is 10.1. The number of rotatable bonds is 4. The summed E-state index contributed by atoms with van der Waals surface area (Å²) in [5.74, 6) is -1.52. The van der Waals surface area contributed by atoms with Gasteiger partial charge in [0.05, 0.1) is 5.69 Å². The van der Waals surface area contributed by atoms with Crippen molar-refractivity contribution < 1.29 is 35.9 Å². The van der Waals surface area contributed by atoms with Crippen molar-refractivity contribution in [3.63, 3.8) is 0 Å². The number of halogens is 7. The van der Waals surface area contributed by atoms with Gasteiger partial charge in [-0.05, 0) is 30.3 Å². The van der Waals surface area contributed by atoms with E-state index >= 15 is 0 Å². The second-order valence-electron chi connectivity index (χ2n) is 6.81. The maximum absolute atomic E-state index is 13.7. The minimum atomic E-state index is -4.89. The predicted molar refractivity (Wildman–Crippen MR) is 110 cm³/mol. The highest BCUT2D eigenvalue weighted by Gasteiger charge is 2.37. The molecule has 0 aliphatic carbocycles. The highest BCUT2D eigenvalue weighted by molar-refractivity contribution is 6.37. The average Bonchev–Trinajstić information content (AvgIpc) is 3.10.